The number of nitrogens with two attached hydrogens (primary N) is 1. The number of nitrogens with one attached hydrogen (secondary N) is 2. The predicted molar refractivity (Wildman–Crippen MR) is 106 cm³/mol. The second-order valence-electron chi connectivity index (χ2n) is 6.38. The van der Waals surface area contributed by atoms with E-state index in [1.165, 1.54) is 23.2 Å². The zero-order valence-electron chi connectivity index (χ0n) is 16.7. The van der Waals surface area contributed by atoms with E-state index in [0.717, 1.165) is 11.1 Å². The quantitative estimate of drug-likeness (QED) is 0.211. The minimum atomic E-state index is -4.77. The van der Waals surface area contributed by atoms with Crippen LogP contribution < -0.4 is 21.4 Å². The van der Waals surface area contributed by atoms with Crippen molar-refractivity contribution in [1.82, 2.24) is 10.5 Å². The van der Waals surface area contributed by atoms with Crippen LogP contribution in [0.5, 0.6) is 5.75 Å². The minimum absolute atomic E-state index is 0.0670. The van der Waals surface area contributed by atoms with Gasteiger partial charge in [0.05, 0.1) is 5.71 Å². The Morgan fingerprint density at radius 1 is 1.27 bits per heavy atom. The molecule has 5 N–H and O–H groups in total. The Kier molecular flexibility index (Phi) is 8.00. The molecule has 0 aliphatic carbocycles. The molecule has 0 saturated heterocycles. The summed E-state index contributed by atoms with van der Waals surface area (Å²) in [5.74, 6) is 4.93. The van der Waals surface area contributed by atoms with Gasteiger partial charge >= 0.3 is 6.36 Å². The maximum atomic E-state index is 12.4. The van der Waals surface area contributed by atoms with Gasteiger partial charge < -0.3 is 20.0 Å². The van der Waals surface area contributed by atoms with Crippen LogP contribution in [0, 0.1) is 6.92 Å². The van der Waals surface area contributed by atoms with Crippen molar-refractivity contribution in [3.63, 3.8) is 0 Å². The maximum absolute atomic E-state index is 12.4. The number of anilines is 1. The number of halogens is 3. The number of hydrazine groups is 2. The standard InChI is InChI=1S/C19H24F3N5O3/c1-12-6-4-9-17(24-18(28)27(3)26-23)16(12)11-29-25-13(2)14-7-5-8-15(10-14)30-19(20,21)22/h4-10,18,24,26,28H,11,23H2,1-3H3. The number of aliphatic hydroxyl groups excluding tert-OH is 1. The van der Waals surface area contributed by atoms with E-state index < -0.39 is 12.7 Å². The third kappa shape index (κ3) is 6.88. The first-order valence-electron chi connectivity index (χ1n) is 8.85. The van der Waals surface area contributed by atoms with E-state index in [4.69, 9.17) is 10.7 Å². The van der Waals surface area contributed by atoms with Crippen LogP contribution in [-0.2, 0) is 11.4 Å². The maximum Gasteiger partial charge on any atom is 0.573 e. The van der Waals surface area contributed by atoms with Gasteiger partial charge in [-0.2, -0.15) is 10.5 Å². The summed E-state index contributed by atoms with van der Waals surface area (Å²) in [6.07, 6.45) is -5.87. The smallest absolute Gasteiger partial charge is 0.406 e. The summed E-state index contributed by atoms with van der Waals surface area (Å²) in [6, 6.07) is 10.9. The molecule has 0 aliphatic heterocycles. The predicted octanol–water partition coefficient (Wildman–Crippen LogP) is 2.83. The van der Waals surface area contributed by atoms with E-state index in [0.29, 0.717) is 17.0 Å². The van der Waals surface area contributed by atoms with Gasteiger partial charge in [-0.25, -0.2) is 0 Å². The number of aryl methyl sites for hydroxylation is 1. The summed E-state index contributed by atoms with van der Waals surface area (Å²) in [6.45, 7) is 3.54. The van der Waals surface area contributed by atoms with Crippen LogP contribution in [-0.4, -0.2) is 35.6 Å². The molecule has 30 heavy (non-hydrogen) atoms. The van der Waals surface area contributed by atoms with Crippen LogP contribution in [0.15, 0.2) is 47.6 Å². The van der Waals surface area contributed by atoms with Crippen LogP contribution >= 0.6 is 0 Å². The highest BCUT2D eigenvalue weighted by Gasteiger charge is 2.31. The Morgan fingerprint density at radius 2 is 1.97 bits per heavy atom. The largest absolute Gasteiger partial charge is 0.573 e. The van der Waals surface area contributed by atoms with Crippen LogP contribution in [0.2, 0.25) is 0 Å². The summed E-state index contributed by atoms with van der Waals surface area (Å²) in [7, 11) is 1.55. The fraction of sp³-hybridized carbons (Fsp3) is 0.316. The molecule has 1 unspecified atom stereocenters. The van der Waals surface area contributed by atoms with Gasteiger partial charge in [-0.15, -0.1) is 13.2 Å². The van der Waals surface area contributed by atoms with Crippen LogP contribution in [0.1, 0.15) is 23.6 Å². The van der Waals surface area contributed by atoms with Crippen LogP contribution in [0.25, 0.3) is 0 Å². The van der Waals surface area contributed by atoms with Gasteiger partial charge in [-0.3, -0.25) is 5.84 Å². The van der Waals surface area contributed by atoms with Crippen molar-refractivity contribution in [3.8, 4) is 5.75 Å². The van der Waals surface area contributed by atoms with Gasteiger partial charge in [0.15, 0.2) is 6.35 Å². The summed E-state index contributed by atoms with van der Waals surface area (Å²) in [5.41, 5.74) is 5.34. The fourth-order valence-corrected chi connectivity index (χ4v) is 2.50. The van der Waals surface area contributed by atoms with Gasteiger partial charge in [-0.05, 0) is 37.6 Å². The van der Waals surface area contributed by atoms with Gasteiger partial charge in [0, 0.05) is 23.9 Å². The van der Waals surface area contributed by atoms with E-state index in [1.54, 1.807) is 26.1 Å². The van der Waals surface area contributed by atoms with E-state index in [1.807, 2.05) is 19.1 Å². The van der Waals surface area contributed by atoms with Crippen molar-refractivity contribution in [2.24, 2.45) is 11.0 Å². The zero-order valence-corrected chi connectivity index (χ0v) is 16.7. The Morgan fingerprint density at radius 3 is 2.63 bits per heavy atom. The first-order chi connectivity index (χ1) is 14.1. The topological polar surface area (TPSA) is 104 Å². The number of nitrogens with zero attached hydrogens (tertiary/aromatic N) is 2. The SMILES string of the molecule is CC(=NOCc1c(C)cccc1NC(O)N(C)NN)c1cccc(OC(F)(F)F)c1. The van der Waals surface area contributed by atoms with Crippen molar-refractivity contribution in [1.29, 1.82) is 0 Å². The average molecular weight is 427 g/mol. The summed E-state index contributed by atoms with van der Waals surface area (Å²) >= 11 is 0. The van der Waals surface area contributed by atoms with Gasteiger partial charge in [0.25, 0.3) is 0 Å². The summed E-state index contributed by atoms with van der Waals surface area (Å²) in [4.78, 5) is 5.42. The van der Waals surface area contributed by atoms with Crippen molar-refractivity contribution in [2.45, 2.75) is 33.2 Å². The zero-order chi connectivity index (χ0) is 22.3. The number of aliphatic hydroxyl groups is 1. The second-order valence-corrected chi connectivity index (χ2v) is 6.38. The molecule has 0 amide bonds. The summed E-state index contributed by atoms with van der Waals surface area (Å²) < 4.78 is 41.1. The molecule has 0 heterocycles. The van der Waals surface area contributed by atoms with E-state index in [-0.39, 0.29) is 12.4 Å². The molecule has 8 nitrogen and oxygen atoms in total. The molecule has 2 aromatic rings. The second kappa shape index (κ2) is 10.3. The lowest BCUT2D eigenvalue weighted by molar-refractivity contribution is -0.274. The van der Waals surface area contributed by atoms with Crippen LogP contribution in [0.3, 0.4) is 0 Å². The lowest BCUT2D eigenvalue weighted by Gasteiger charge is -2.24. The van der Waals surface area contributed by atoms with E-state index >= 15 is 0 Å². The Labute approximate surface area is 172 Å². The lowest BCUT2D eigenvalue weighted by Crippen LogP contribution is -2.50. The summed E-state index contributed by atoms with van der Waals surface area (Å²) in [5, 5.41) is 18.2. The highest BCUT2D eigenvalue weighted by atomic mass is 19.4. The van der Waals surface area contributed by atoms with Crippen molar-refractivity contribution in [3.05, 3.63) is 59.2 Å². The third-order valence-corrected chi connectivity index (χ3v) is 4.16. The molecule has 0 saturated carbocycles. The van der Waals surface area contributed by atoms with E-state index in [2.05, 4.69) is 20.7 Å². The molecule has 11 heteroatoms. The number of oxime groups is 1. The van der Waals surface area contributed by atoms with Gasteiger partial charge in [-0.1, -0.05) is 29.4 Å². The average Bonchev–Trinajstić information content (AvgIpc) is 2.68. The lowest BCUT2D eigenvalue weighted by atomic mass is 10.1. The highest BCUT2D eigenvalue weighted by Crippen LogP contribution is 2.24. The van der Waals surface area contributed by atoms with E-state index in [9.17, 15) is 18.3 Å². The third-order valence-electron chi connectivity index (χ3n) is 4.16. The monoisotopic (exact) mass is 427 g/mol. The number of hydrogen-bond acceptors (Lipinski definition) is 8. The molecular weight excluding hydrogens is 403 g/mol. The van der Waals surface area contributed by atoms with Gasteiger partial charge in [0.1, 0.15) is 12.4 Å². The normalized spacial score (nSPS) is 13.3. The Balaban J connectivity index is 2.10. The molecule has 0 spiro atoms. The Bertz CT molecular complexity index is 877. The van der Waals surface area contributed by atoms with Crippen molar-refractivity contribution >= 4 is 11.4 Å². The molecule has 164 valence electrons. The van der Waals surface area contributed by atoms with Crippen LogP contribution in [0.4, 0.5) is 18.9 Å². The fourth-order valence-electron chi connectivity index (χ4n) is 2.50. The molecule has 0 bridgehead atoms. The molecular formula is C19H24F3N5O3. The molecule has 0 fully saturated rings. The molecule has 2 rings (SSSR count). The van der Waals surface area contributed by atoms with Crippen molar-refractivity contribution < 1.29 is 27.9 Å². The molecule has 0 radical (unpaired) electrons. The van der Waals surface area contributed by atoms with Crippen molar-refractivity contribution in [2.75, 3.05) is 12.4 Å². The minimum Gasteiger partial charge on any atom is -0.406 e. The molecule has 1 atom stereocenters. The number of benzene rings is 2. The number of rotatable bonds is 9. The first kappa shape index (κ1) is 23.4. The first-order valence-corrected chi connectivity index (χ1v) is 8.85. The Hall–Kier alpha value is -2.86. The number of ether oxygens (including phenoxy) is 1. The number of hydrogen-bond donors (Lipinski definition) is 4. The van der Waals surface area contributed by atoms with Gasteiger partial charge in [0.2, 0.25) is 0 Å². The molecule has 0 aliphatic rings. The number of alkyl halides is 3. The molecule has 0 aromatic heterocycles. The molecule has 2 aromatic carbocycles. The highest BCUT2D eigenvalue weighted by molar-refractivity contribution is 5.98.